The van der Waals surface area contributed by atoms with Crippen LogP contribution >= 0.6 is 0 Å². The summed E-state index contributed by atoms with van der Waals surface area (Å²) in [4.78, 5) is 0. The molecule has 0 amide bonds. The number of ether oxygens (including phenoxy) is 2. The Kier molecular flexibility index (Phi) is 6.22. The van der Waals surface area contributed by atoms with Crippen molar-refractivity contribution in [2.45, 2.75) is 51.7 Å². The molecule has 90 valence electrons. The molecule has 3 atom stereocenters. The molecule has 0 aromatic carbocycles. The third-order valence-electron chi connectivity index (χ3n) is 3.01. The monoisotopic (exact) mass is 216 g/mol. The van der Waals surface area contributed by atoms with Crippen LogP contribution < -0.4 is 0 Å². The predicted octanol–water partition coefficient (Wildman–Crippen LogP) is 1.98. The van der Waals surface area contributed by atoms with Crippen molar-refractivity contribution >= 4 is 0 Å². The van der Waals surface area contributed by atoms with Crippen LogP contribution in [0.25, 0.3) is 0 Å². The Morgan fingerprint density at radius 3 is 2.80 bits per heavy atom. The van der Waals surface area contributed by atoms with E-state index in [2.05, 4.69) is 6.92 Å². The predicted molar refractivity (Wildman–Crippen MR) is 59.9 cm³/mol. The van der Waals surface area contributed by atoms with E-state index < -0.39 is 0 Å². The summed E-state index contributed by atoms with van der Waals surface area (Å²) in [7, 11) is 0. The average Bonchev–Trinajstić information content (AvgIpc) is 2.29. The van der Waals surface area contributed by atoms with Gasteiger partial charge in [0.2, 0.25) is 0 Å². The van der Waals surface area contributed by atoms with Crippen molar-refractivity contribution in [3.8, 4) is 0 Å². The van der Waals surface area contributed by atoms with Gasteiger partial charge < -0.3 is 14.6 Å². The van der Waals surface area contributed by atoms with Crippen molar-refractivity contribution in [2.24, 2.45) is 5.92 Å². The fourth-order valence-electron chi connectivity index (χ4n) is 2.19. The minimum atomic E-state index is -0.356. The highest BCUT2D eigenvalue weighted by molar-refractivity contribution is 4.78. The molecule has 0 saturated carbocycles. The second kappa shape index (κ2) is 7.20. The maximum atomic E-state index is 10.2. The Morgan fingerprint density at radius 1 is 1.47 bits per heavy atom. The van der Waals surface area contributed by atoms with E-state index in [0.29, 0.717) is 13.2 Å². The molecule has 3 nitrogen and oxygen atoms in total. The maximum absolute atomic E-state index is 10.2. The second-order valence-electron chi connectivity index (χ2n) is 4.25. The summed E-state index contributed by atoms with van der Waals surface area (Å²) < 4.78 is 11.0. The van der Waals surface area contributed by atoms with Gasteiger partial charge in [-0.15, -0.1) is 0 Å². The first-order valence-electron chi connectivity index (χ1n) is 6.17. The molecule has 0 bridgehead atoms. The van der Waals surface area contributed by atoms with Crippen LogP contribution in [-0.2, 0) is 9.47 Å². The zero-order chi connectivity index (χ0) is 11.1. The molecule has 0 radical (unpaired) electrons. The number of hydrogen-bond acceptors (Lipinski definition) is 3. The van der Waals surface area contributed by atoms with Crippen molar-refractivity contribution in [1.82, 2.24) is 0 Å². The Labute approximate surface area is 92.8 Å². The first kappa shape index (κ1) is 12.9. The number of aliphatic hydroxyl groups excluding tert-OH is 1. The van der Waals surface area contributed by atoms with Crippen LogP contribution in [0, 0.1) is 5.92 Å². The number of rotatable bonds is 6. The van der Waals surface area contributed by atoms with Gasteiger partial charge in [0.1, 0.15) is 0 Å². The molecule has 3 unspecified atom stereocenters. The molecular formula is C12H24O3. The zero-order valence-electron chi connectivity index (χ0n) is 9.95. The van der Waals surface area contributed by atoms with Gasteiger partial charge >= 0.3 is 0 Å². The summed E-state index contributed by atoms with van der Waals surface area (Å²) in [6.45, 7) is 6.31. The highest BCUT2D eigenvalue weighted by Gasteiger charge is 2.29. The smallest absolute Gasteiger partial charge is 0.0851 e. The summed E-state index contributed by atoms with van der Waals surface area (Å²) in [5.74, 6) is 0.266. The van der Waals surface area contributed by atoms with Gasteiger partial charge in [0, 0.05) is 19.1 Å². The van der Waals surface area contributed by atoms with Crippen LogP contribution in [0.5, 0.6) is 0 Å². The molecule has 1 aliphatic heterocycles. The minimum absolute atomic E-state index is 0.00769. The van der Waals surface area contributed by atoms with Crippen LogP contribution in [0.1, 0.15) is 39.5 Å². The molecule has 0 spiro atoms. The molecule has 0 aliphatic carbocycles. The van der Waals surface area contributed by atoms with Gasteiger partial charge in [-0.05, 0) is 26.2 Å². The minimum Gasteiger partial charge on any atom is -0.390 e. The van der Waals surface area contributed by atoms with Crippen molar-refractivity contribution in [2.75, 3.05) is 19.8 Å². The topological polar surface area (TPSA) is 38.7 Å². The first-order chi connectivity index (χ1) is 7.29. The molecule has 1 aliphatic rings. The molecule has 1 rings (SSSR count). The van der Waals surface area contributed by atoms with Crippen LogP contribution in [0.4, 0.5) is 0 Å². The molecule has 1 saturated heterocycles. The molecular weight excluding hydrogens is 192 g/mol. The molecule has 15 heavy (non-hydrogen) atoms. The third-order valence-corrected chi connectivity index (χ3v) is 3.01. The standard InChI is InChI=1S/C12H24O3/c1-3-6-11(15-4-2)12(13)10-7-5-8-14-9-10/h10-13H,3-9H2,1-2H3. The van der Waals surface area contributed by atoms with Crippen molar-refractivity contribution in [1.29, 1.82) is 0 Å². The number of hydrogen-bond donors (Lipinski definition) is 1. The fourth-order valence-corrected chi connectivity index (χ4v) is 2.19. The van der Waals surface area contributed by atoms with E-state index in [1.54, 1.807) is 0 Å². The van der Waals surface area contributed by atoms with Gasteiger partial charge in [-0.3, -0.25) is 0 Å². The molecule has 1 fully saturated rings. The van der Waals surface area contributed by atoms with Gasteiger partial charge in [0.15, 0.2) is 0 Å². The normalized spacial score (nSPS) is 26.2. The van der Waals surface area contributed by atoms with E-state index in [1.165, 1.54) is 0 Å². The van der Waals surface area contributed by atoms with Crippen LogP contribution in [0.3, 0.4) is 0 Å². The summed E-state index contributed by atoms with van der Waals surface area (Å²) in [5, 5.41) is 10.2. The van der Waals surface area contributed by atoms with Gasteiger partial charge in [0.25, 0.3) is 0 Å². The van der Waals surface area contributed by atoms with E-state index in [-0.39, 0.29) is 18.1 Å². The maximum Gasteiger partial charge on any atom is 0.0851 e. The van der Waals surface area contributed by atoms with E-state index in [9.17, 15) is 5.11 Å². The van der Waals surface area contributed by atoms with E-state index in [1.807, 2.05) is 6.92 Å². The van der Waals surface area contributed by atoms with E-state index >= 15 is 0 Å². The van der Waals surface area contributed by atoms with Gasteiger partial charge in [-0.2, -0.15) is 0 Å². The molecule has 1 N–H and O–H groups in total. The summed E-state index contributed by atoms with van der Waals surface area (Å²) in [6.07, 6.45) is 3.75. The van der Waals surface area contributed by atoms with Crippen molar-refractivity contribution in [3.63, 3.8) is 0 Å². The van der Waals surface area contributed by atoms with Crippen molar-refractivity contribution < 1.29 is 14.6 Å². The van der Waals surface area contributed by atoms with Gasteiger partial charge in [-0.1, -0.05) is 13.3 Å². The van der Waals surface area contributed by atoms with Crippen molar-refractivity contribution in [3.05, 3.63) is 0 Å². The lowest BCUT2D eigenvalue weighted by Crippen LogP contribution is -2.39. The van der Waals surface area contributed by atoms with Crippen LogP contribution in [0.15, 0.2) is 0 Å². The average molecular weight is 216 g/mol. The fraction of sp³-hybridized carbons (Fsp3) is 1.00. The van der Waals surface area contributed by atoms with Crippen LogP contribution in [0.2, 0.25) is 0 Å². The summed E-state index contributed by atoms with van der Waals surface area (Å²) in [6, 6.07) is 0. The molecule has 1 heterocycles. The molecule has 3 heteroatoms. The SMILES string of the molecule is CCCC(OCC)C(O)C1CCCOC1. The zero-order valence-corrected chi connectivity index (χ0v) is 9.95. The Bertz CT molecular complexity index is 149. The highest BCUT2D eigenvalue weighted by Crippen LogP contribution is 2.22. The lowest BCUT2D eigenvalue weighted by molar-refractivity contribution is -0.0915. The van der Waals surface area contributed by atoms with Gasteiger partial charge in [0.05, 0.1) is 18.8 Å². The summed E-state index contributed by atoms with van der Waals surface area (Å²) in [5.41, 5.74) is 0. The first-order valence-corrected chi connectivity index (χ1v) is 6.17. The number of aliphatic hydroxyl groups is 1. The third kappa shape index (κ3) is 4.09. The molecule has 0 aromatic heterocycles. The van der Waals surface area contributed by atoms with E-state index in [4.69, 9.17) is 9.47 Å². The lowest BCUT2D eigenvalue weighted by atomic mass is 9.91. The Morgan fingerprint density at radius 2 is 2.27 bits per heavy atom. The molecule has 0 aromatic rings. The highest BCUT2D eigenvalue weighted by atomic mass is 16.5. The lowest BCUT2D eigenvalue weighted by Gasteiger charge is -2.31. The summed E-state index contributed by atoms with van der Waals surface area (Å²) >= 11 is 0. The van der Waals surface area contributed by atoms with Crippen LogP contribution in [-0.4, -0.2) is 37.1 Å². The second-order valence-corrected chi connectivity index (χ2v) is 4.25. The largest absolute Gasteiger partial charge is 0.390 e. The van der Waals surface area contributed by atoms with Gasteiger partial charge in [-0.25, -0.2) is 0 Å². The Balaban J connectivity index is 2.41. The Hall–Kier alpha value is -0.120. The quantitative estimate of drug-likeness (QED) is 0.738. The van der Waals surface area contributed by atoms with E-state index in [0.717, 1.165) is 32.3 Å².